The lowest BCUT2D eigenvalue weighted by molar-refractivity contribution is -0.207. The van der Waals surface area contributed by atoms with Gasteiger partial charge >= 0.3 is 11.9 Å². The Kier molecular flexibility index (Phi) is 7.22. The first-order valence-electron chi connectivity index (χ1n) is 13.4. The summed E-state index contributed by atoms with van der Waals surface area (Å²) in [4.78, 5) is 38.5. The first-order chi connectivity index (χ1) is 16.5. The Morgan fingerprint density at radius 2 is 1.86 bits per heavy atom. The van der Waals surface area contributed by atoms with E-state index in [1.54, 1.807) is 13.8 Å². The van der Waals surface area contributed by atoms with Gasteiger partial charge in [-0.15, -0.1) is 11.6 Å². The Morgan fingerprint density at radius 1 is 1.17 bits per heavy atom. The van der Waals surface area contributed by atoms with E-state index in [1.807, 2.05) is 13.8 Å². The van der Waals surface area contributed by atoms with E-state index in [0.29, 0.717) is 12.8 Å². The molecule has 4 aliphatic carbocycles. The van der Waals surface area contributed by atoms with Crippen LogP contribution in [-0.4, -0.2) is 46.5 Å². The summed E-state index contributed by atoms with van der Waals surface area (Å²) in [5.74, 6) is -1.60. The summed E-state index contributed by atoms with van der Waals surface area (Å²) in [6.45, 7) is 9.16. The van der Waals surface area contributed by atoms with Crippen molar-refractivity contribution in [3.8, 4) is 0 Å². The van der Waals surface area contributed by atoms with Crippen molar-refractivity contribution < 1.29 is 29.0 Å². The molecule has 6 nitrogen and oxygen atoms in total. The minimum absolute atomic E-state index is 0.00118. The second kappa shape index (κ2) is 9.48. The summed E-state index contributed by atoms with van der Waals surface area (Å²) >= 11 is 7.13. The van der Waals surface area contributed by atoms with Gasteiger partial charge in [0.1, 0.15) is 0 Å². The molecule has 0 unspecified atom stereocenters. The van der Waals surface area contributed by atoms with Crippen molar-refractivity contribution in [1.82, 2.24) is 0 Å². The summed E-state index contributed by atoms with van der Waals surface area (Å²) in [5.41, 5.74) is -1.02. The van der Waals surface area contributed by atoms with Crippen LogP contribution in [0.3, 0.4) is 0 Å². The van der Waals surface area contributed by atoms with Crippen LogP contribution in [0.15, 0.2) is 11.6 Å². The summed E-state index contributed by atoms with van der Waals surface area (Å²) in [5, 5.41) is 11.6. The van der Waals surface area contributed by atoms with E-state index in [1.165, 1.54) is 5.57 Å². The first-order valence-corrected chi connectivity index (χ1v) is 13.8. The van der Waals surface area contributed by atoms with E-state index in [4.69, 9.17) is 21.1 Å². The molecule has 3 fully saturated rings. The number of hydrogen-bond donors (Lipinski definition) is 1. The van der Waals surface area contributed by atoms with E-state index < -0.39 is 41.4 Å². The maximum atomic E-state index is 13.9. The molecule has 0 aromatic heterocycles. The predicted octanol–water partition coefficient (Wildman–Crippen LogP) is 4.99. The summed E-state index contributed by atoms with van der Waals surface area (Å²) in [6, 6.07) is 0. The van der Waals surface area contributed by atoms with Gasteiger partial charge in [-0.25, -0.2) is 0 Å². The minimum atomic E-state index is -1.47. The van der Waals surface area contributed by atoms with Crippen molar-refractivity contribution in [2.45, 2.75) is 103 Å². The number of fused-ring (bicyclic) bond motifs is 5. The molecule has 0 spiro atoms. The van der Waals surface area contributed by atoms with E-state index in [-0.39, 0.29) is 47.3 Å². The number of alkyl halides is 1. The molecule has 0 saturated heterocycles. The fraction of sp³-hybridized carbons (Fsp3) is 0.821. The molecular formula is C28H41ClO6. The number of aliphatic hydroxyl groups is 1. The van der Waals surface area contributed by atoms with Gasteiger partial charge in [-0.05, 0) is 61.7 Å². The van der Waals surface area contributed by atoms with Gasteiger partial charge in [-0.1, -0.05) is 46.3 Å². The number of carbonyl (C=O) groups is 3. The highest BCUT2D eigenvalue weighted by Crippen LogP contribution is 2.70. The van der Waals surface area contributed by atoms with Crippen LogP contribution in [0, 0.1) is 34.5 Å². The molecular weight excluding hydrogens is 468 g/mol. The molecule has 0 radical (unpaired) electrons. The fourth-order valence-electron chi connectivity index (χ4n) is 8.58. The van der Waals surface area contributed by atoms with Crippen LogP contribution >= 0.6 is 11.6 Å². The zero-order chi connectivity index (χ0) is 25.8. The van der Waals surface area contributed by atoms with Crippen LogP contribution in [0.5, 0.6) is 0 Å². The molecule has 0 aromatic carbocycles. The van der Waals surface area contributed by atoms with E-state index in [2.05, 4.69) is 13.0 Å². The average Bonchev–Trinajstić information content (AvgIpc) is 3.03. The smallest absolute Gasteiger partial charge is 0.306 e. The fourth-order valence-corrected chi connectivity index (χ4v) is 9.08. The third-order valence-electron chi connectivity index (χ3n) is 10.1. The van der Waals surface area contributed by atoms with Crippen LogP contribution in [0.1, 0.15) is 86.0 Å². The molecule has 1 N–H and O–H groups in total. The van der Waals surface area contributed by atoms with Crippen molar-refractivity contribution in [1.29, 1.82) is 0 Å². The van der Waals surface area contributed by atoms with Gasteiger partial charge in [0.05, 0.1) is 6.10 Å². The highest BCUT2D eigenvalue weighted by atomic mass is 35.5. The maximum Gasteiger partial charge on any atom is 0.306 e. The normalized spacial score (nSPS) is 44.4. The topological polar surface area (TPSA) is 89.9 Å². The zero-order valence-corrected chi connectivity index (χ0v) is 22.5. The Bertz CT molecular complexity index is 915. The van der Waals surface area contributed by atoms with E-state index >= 15 is 0 Å². The van der Waals surface area contributed by atoms with Gasteiger partial charge in [0.15, 0.2) is 12.2 Å². The Balaban J connectivity index is 1.78. The largest absolute Gasteiger partial charge is 0.457 e. The number of Topliss-reactive ketones (excluding diaryl/α,β-unsaturated/α-hetero) is 1. The minimum Gasteiger partial charge on any atom is -0.457 e. The van der Waals surface area contributed by atoms with Crippen molar-refractivity contribution in [2.24, 2.45) is 34.5 Å². The van der Waals surface area contributed by atoms with Gasteiger partial charge in [0, 0.05) is 29.6 Å². The number of rotatable bonds is 6. The van der Waals surface area contributed by atoms with Crippen LogP contribution < -0.4 is 0 Å². The van der Waals surface area contributed by atoms with Crippen molar-refractivity contribution in [3.63, 3.8) is 0 Å². The van der Waals surface area contributed by atoms with Crippen LogP contribution in [0.25, 0.3) is 0 Å². The number of ketones is 1. The van der Waals surface area contributed by atoms with E-state index in [9.17, 15) is 19.5 Å². The third-order valence-corrected chi connectivity index (χ3v) is 10.6. The molecule has 3 saturated carbocycles. The first kappa shape index (κ1) is 26.7. The maximum absolute atomic E-state index is 13.9. The Labute approximate surface area is 214 Å². The molecule has 9 atom stereocenters. The second-order valence-electron chi connectivity index (χ2n) is 11.8. The number of ether oxygens (including phenoxy) is 2. The van der Waals surface area contributed by atoms with Crippen molar-refractivity contribution in [3.05, 3.63) is 11.6 Å². The van der Waals surface area contributed by atoms with Gasteiger partial charge in [0.25, 0.3) is 0 Å². The number of halogens is 1. The number of carbonyl (C=O) groups excluding carboxylic acids is 3. The third kappa shape index (κ3) is 3.89. The standard InChI is InChI=1S/C28H41ClO6/c1-6-22(32)34-15-21(31)28(35-23(33)7-2)16(3)12-18-24-19(29)13-17-10-8-9-11-26(17,4)25(24)20(30)14-27(18,28)5/h10,16,18-20,24-25,30H,6-9,11-15H2,1-5H3/t16-,18+,19-,20+,24-,25+,26+,27+,28-/m1/s1. The lowest BCUT2D eigenvalue weighted by Crippen LogP contribution is -2.65. The molecule has 0 bridgehead atoms. The van der Waals surface area contributed by atoms with Crippen LogP contribution in [0.2, 0.25) is 0 Å². The molecule has 4 rings (SSSR count). The molecule has 0 aromatic rings. The molecule has 0 aliphatic heterocycles. The molecule has 0 heterocycles. The van der Waals surface area contributed by atoms with Gasteiger partial charge in [0.2, 0.25) is 5.78 Å². The van der Waals surface area contributed by atoms with Crippen molar-refractivity contribution >= 4 is 29.3 Å². The summed E-state index contributed by atoms with van der Waals surface area (Å²) in [7, 11) is 0. The van der Waals surface area contributed by atoms with Crippen molar-refractivity contribution in [2.75, 3.05) is 6.61 Å². The summed E-state index contributed by atoms with van der Waals surface area (Å²) < 4.78 is 11.4. The average molecular weight is 509 g/mol. The molecule has 4 aliphatic rings. The van der Waals surface area contributed by atoms with E-state index in [0.717, 1.165) is 25.7 Å². The highest BCUT2D eigenvalue weighted by molar-refractivity contribution is 6.21. The quantitative estimate of drug-likeness (QED) is 0.309. The van der Waals surface area contributed by atoms with Gasteiger partial charge < -0.3 is 14.6 Å². The SMILES string of the molecule is CCC(=O)OCC(=O)[C@]1(OC(=O)CC)[C@H](C)C[C@H]2[C@H]3[C@H]([C@@H](O)C[C@@]21C)[C@@]1(C)CCCC=C1C[C@H]3Cl. The summed E-state index contributed by atoms with van der Waals surface area (Å²) in [6.07, 6.45) is 6.94. The van der Waals surface area contributed by atoms with Crippen LogP contribution in [-0.2, 0) is 23.9 Å². The molecule has 0 amide bonds. The predicted molar refractivity (Wildman–Crippen MR) is 133 cm³/mol. The molecule has 35 heavy (non-hydrogen) atoms. The monoisotopic (exact) mass is 508 g/mol. The second-order valence-corrected chi connectivity index (χ2v) is 12.4. The molecule has 7 heteroatoms. The Hall–Kier alpha value is -1.40. The molecule has 196 valence electrons. The lowest BCUT2D eigenvalue weighted by atomic mass is 9.45. The number of allylic oxidation sites excluding steroid dienone is 2. The number of aliphatic hydroxyl groups excluding tert-OH is 1. The number of hydrogen-bond acceptors (Lipinski definition) is 6. The highest BCUT2D eigenvalue weighted by Gasteiger charge is 2.73. The zero-order valence-electron chi connectivity index (χ0n) is 21.8. The van der Waals surface area contributed by atoms with Gasteiger partial charge in [-0.3, -0.25) is 14.4 Å². The lowest BCUT2D eigenvalue weighted by Gasteiger charge is -2.62. The number of esters is 2. The van der Waals surface area contributed by atoms with Gasteiger partial charge in [-0.2, -0.15) is 0 Å². The Morgan fingerprint density at radius 3 is 2.51 bits per heavy atom. The van der Waals surface area contributed by atoms with Crippen LogP contribution in [0.4, 0.5) is 0 Å².